The number of rotatable bonds is 4. The van der Waals surface area contributed by atoms with Crippen molar-refractivity contribution >= 4 is 0 Å². The molecule has 0 amide bonds. The molecular weight excluding hydrogens is 245 g/mol. The maximum atomic E-state index is 12.0. The highest BCUT2D eigenvalue weighted by molar-refractivity contribution is 4.91. The largest absolute Gasteiger partial charge is 0.413 e. The number of hydroxylamine groups is 1. The summed E-state index contributed by atoms with van der Waals surface area (Å²) >= 11 is 0. The fourth-order valence-corrected chi connectivity index (χ4v) is 3.09. The van der Waals surface area contributed by atoms with E-state index < -0.39 is 12.8 Å². The number of halogens is 3. The Kier molecular flexibility index (Phi) is 4.86. The predicted molar refractivity (Wildman–Crippen MR) is 61.9 cm³/mol. The third-order valence-corrected chi connectivity index (χ3v) is 3.91. The van der Waals surface area contributed by atoms with Gasteiger partial charge in [0.1, 0.15) is 0 Å². The minimum atomic E-state index is -4.26. The molecule has 3 unspecified atom stereocenters. The molecule has 2 aliphatic rings. The Hall–Kier alpha value is -0.330. The van der Waals surface area contributed by atoms with Crippen LogP contribution in [0.2, 0.25) is 0 Å². The molecule has 0 spiro atoms. The molecule has 1 heterocycles. The van der Waals surface area contributed by atoms with E-state index in [-0.39, 0.29) is 6.04 Å². The van der Waals surface area contributed by atoms with E-state index in [0.717, 1.165) is 32.2 Å². The SMILES string of the molecule is FC(F)(F)CONC1CCCC1C1CCCCN1. The molecule has 6 heteroatoms. The lowest BCUT2D eigenvalue weighted by Gasteiger charge is -2.32. The van der Waals surface area contributed by atoms with Crippen LogP contribution in [0.5, 0.6) is 0 Å². The third-order valence-electron chi connectivity index (χ3n) is 3.91. The second-order valence-electron chi connectivity index (χ2n) is 5.28. The second kappa shape index (κ2) is 6.21. The van der Waals surface area contributed by atoms with Gasteiger partial charge in [-0.15, -0.1) is 0 Å². The summed E-state index contributed by atoms with van der Waals surface area (Å²) in [6.45, 7) is -0.189. The normalized spacial score (nSPS) is 33.8. The maximum Gasteiger partial charge on any atom is 0.413 e. The van der Waals surface area contributed by atoms with Crippen LogP contribution >= 0.6 is 0 Å². The van der Waals surface area contributed by atoms with Crippen molar-refractivity contribution < 1.29 is 18.0 Å². The first kappa shape index (κ1) is 14.1. The lowest BCUT2D eigenvalue weighted by Crippen LogP contribution is -2.47. The third kappa shape index (κ3) is 4.10. The first-order valence-electron chi connectivity index (χ1n) is 6.74. The smallest absolute Gasteiger partial charge is 0.314 e. The molecule has 0 aromatic heterocycles. The highest BCUT2D eigenvalue weighted by Gasteiger charge is 2.35. The average Bonchev–Trinajstić information content (AvgIpc) is 2.77. The molecule has 3 nitrogen and oxygen atoms in total. The van der Waals surface area contributed by atoms with Gasteiger partial charge in [-0.1, -0.05) is 12.8 Å². The lowest BCUT2D eigenvalue weighted by molar-refractivity contribution is -0.194. The Balaban J connectivity index is 1.76. The quantitative estimate of drug-likeness (QED) is 0.766. The Labute approximate surface area is 105 Å². The van der Waals surface area contributed by atoms with E-state index in [2.05, 4.69) is 15.6 Å². The van der Waals surface area contributed by atoms with Gasteiger partial charge in [0.25, 0.3) is 0 Å². The first-order valence-corrected chi connectivity index (χ1v) is 6.74. The average molecular weight is 266 g/mol. The maximum absolute atomic E-state index is 12.0. The fourth-order valence-electron chi connectivity index (χ4n) is 3.09. The zero-order chi connectivity index (χ0) is 13.0. The predicted octanol–water partition coefficient (Wildman–Crippen LogP) is 2.38. The van der Waals surface area contributed by atoms with Crippen molar-refractivity contribution in [2.75, 3.05) is 13.2 Å². The molecule has 1 aliphatic carbocycles. The Bertz CT molecular complexity index is 254. The van der Waals surface area contributed by atoms with Gasteiger partial charge in [-0.25, -0.2) is 0 Å². The van der Waals surface area contributed by atoms with Crippen molar-refractivity contribution in [1.29, 1.82) is 0 Å². The molecule has 1 aliphatic heterocycles. The van der Waals surface area contributed by atoms with Crippen LogP contribution < -0.4 is 10.8 Å². The lowest BCUT2D eigenvalue weighted by atomic mass is 9.88. The van der Waals surface area contributed by atoms with Crippen molar-refractivity contribution in [3.63, 3.8) is 0 Å². The van der Waals surface area contributed by atoms with E-state index in [4.69, 9.17) is 0 Å². The van der Waals surface area contributed by atoms with E-state index in [1.54, 1.807) is 0 Å². The van der Waals surface area contributed by atoms with Crippen LogP contribution in [-0.4, -0.2) is 31.4 Å². The molecule has 3 atom stereocenters. The second-order valence-corrected chi connectivity index (χ2v) is 5.28. The summed E-state index contributed by atoms with van der Waals surface area (Å²) in [4.78, 5) is 4.60. The molecule has 18 heavy (non-hydrogen) atoms. The molecule has 1 saturated heterocycles. The van der Waals surface area contributed by atoms with Crippen LogP contribution in [-0.2, 0) is 4.84 Å². The van der Waals surface area contributed by atoms with Gasteiger partial charge in [-0.2, -0.15) is 18.7 Å². The summed E-state index contributed by atoms with van der Waals surface area (Å²) in [6, 6.07) is 0.496. The van der Waals surface area contributed by atoms with Gasteiger partial charge in [0.2, 0.25) is 0 Å². The summed E-state index contributed by atoms with van der Waals surface area (Å²) in [7, 11) is 0. The molecule has 0 aromatic rings. The van der Waals surface area contributed by atoms with Crippen molar-refractivity contribution in [3.05, 3.63) is 0 Å². The van der Waals surface area contributed by atoms with Gasteiger partial charge in [0.15, 0.2) is 6.61 Å². The molecule has 2 rings (SSSR count). The van der Waals surface area contributed by atoms with E-state index in [9.17, 15) is 13.2 Å². The monoisotopic (exact) mass is 266 g/mol. The van der Waals surface area contributed by atoms with Crippen LogP contribution in [0.15, 0.2) is 0 Å². The number of piperidine rings is 1. The Morgan fingerprint density at radius 1 is 1.11 bits per heavy atom. The van der Waals surface area contributed by atoms with Gasteiger partial charge in [0, 0.05) is 12.1 Å². The van der Waals surface area contributed by atoms with E-state index >= 15 is 0 Å². The first-order chi connectivity index (χ1) is 8.56. The van der Waals surface area contributed by atoms with E-state index in [1.807, 2.05) is 0 Å². The summed E-state index contributed by atoms with van der Waals surface area (Å²) < 4.78 is 36.0. The van der Waals surface area contributed by atoms with Crippen LogP contribution in [0.1, 0.15) is 38.5 Å². The number of hydrogen-bond donors (Lipinski definition) is 2. The highest BCUT2D eigenvalue weighted by Crippen LogP contribution is 2.31. The van der Waals surface area contributed by atoms with Gasteiger partial charge < -0.3 is 5.32 Å². The van der Waals surface area contributed by atoms with Crippen LogP contribution in [0, 0.1) is 5.92 Å². The molecule has 2 N–H and O–H groups in total. The minimum absolute atomic E-state index is 0.0583. The standard InChI is InChI=1S/C12H21F3N2O/c13-12(14,15)8-18-17-11-6-3-4-9(11)10-5-1-2-7-16-10/h9-11,16-17H,1-8H2. The van der Waals surface area contributed by atoms with Gasteiger partial charge >= 0.3 is 6.18 Å². The van der Waals surface area contributed by atoms with Crippen molar-refractivity contribution in [1.82, 2.24) is 10.8 Å². The van der Waals surface area contributed by atoms with Crippen molar-refractivity contribution in [3.8, 4) is 0 Å². The summed E-state index contributed by atoms with van der Waals surface area (Å²) in [5.74, 6) is 0.401. The van der Waals surface area contributed by atoms with Crippen molar-refractivity contribution in [2.24, 2.45) is 5.92 Å². The minimum Gasteiger partial charge on any atom is -0.314 e. The Morgan fingerprint density at radius 2 is 1.94 bits per heavy atom. The van der Waals surface area contributed by atoms with Crippen LogP contribution in [0.25, 0.3) is 0 Å². The molecular formula is C12H21F3N2O. The molecule has 0 radical (unpaired) electrons. The summed E-state index contributed by atoms with van der Waals surface area (Å²) in [5.41, 5.74) is 2.63. The van der Waals surface area contributed by atoms with E-state index in [0.29, 0.717) is 12.0 Å². The van der Waals surface area contributed by atoms with Gasteiger partial charge in [-0.05, 0) is 38.1 Å². The summed E-state index contributed by atoms with van der Waals surface area (Å²) in [5, 5.41) is 3.48. The molecule has 106 valence electrons. The van der Waals surface area contributed by atoms with Crippen molar-refractivity contribution in [2.45, 2.75) is 56.8 Å². The molecule has 0 bridgehead atoms. The molecule has 0 aromatic carbocycles. The zero-order valence-electron chi connectivity index (χ0n) is 10.4. The molecule has 1 saturated carbocycles. The zero-order valence-corrected chi connectivity index (χ0v) is 10.4. The number of alkyl halides is 3. The highest BCUT2D eigenvalue weighted by atomic mass is 19.4. The van der Waals surface area contributed by atoms with Gasteiger partial charge in [-0.3, -0.25) is 4.84 Å². The number of hydrogen-bond acceptors (Lipinski definition) is 3. The van der Waals surface area contributed by atoms with Crippen LogP contribution in [0.4, 0.5) is 13.2 Å². The topological polar surface area (TPSA) is 33.3 Å². The summed E-state index contributed by atoms with van der Waals surface area (Å²) in [6.07, 6.45) is 2.32. The number of nitrogens with one attached hydrogen (secondary N) is 2. The molecule has 2 fully saturated rings. The van der Waals surface area contributed by atoms with E-state index in [1.165, 1.54) is 12.8 Å². The Morgan fingerprint density at radius 3 is 2.61 bits per heavy atom. The van der Waals surface area contributed by atoms with Crippen LogP contribution in [0.3, 0.4) is 0 Å². The fraction of sp³-hybridized carbons (Fsp3) is 1.00. The van der Waals surface area contributed by atoms with Gasteiger partial charge in [0.05, 0.1) is 0 Å².